The molecule has 2 atom stereocenters. The minimum atomic E-state index is 0.0293. The molecule has 2 aliphatic rings. The van der Waals surface area contributed by atoms with Crippen LogP contribution in [0.3, 0.4) is 0 Å². The molecule has 2 aromatic rings. The van der Waals surface area contributed by atoms with Gasteiger partial charge in [-0.15, -0.1) is 0 Å². The Kier molecular flexibility index (Phi) is 4.44. The third kappa shape index (κ3) is 3.39. The third-order valence-electron chi connectivity index (χ3n) is 5.46. The van der Waals surface area contributed by atoms with Gasteiger partial charge in [0.05, 0.1) is 18.4 Å². The largest absolute Gasteiger partial charge is 0.338 e. The Hall–Kier alpha value is -2.34. The topological polar surface area (TPSA) is 64.3 Å². The van der Waals surface area contributed by atoms with Gasteiger partial charge < -0.3 is 15.1 Å². The number of rotatable bonds is 3. The van der Waals surface area contributed by atoms with Gasteiger partial charge in [0.1, 0.15) is 0 Å². The van der Waals surface area contributed by atoms with Crippen LogP contribution in [0.25, 0.3) is 0 Å². The number of carbonyl (C=O) groups is 1. The van der Waals surface area contributed by atoms with Crippen LogP contribution in [0, 0.1) is 5.92 Å². The Labute approximate surface area is 148 Å². The van der Waals surface area contributed by atoms with E-state index in [2.05, 4.69) is 57.8 Å². The number of fused-ring (bicyclic) bond motifs is 1. The summed E-state index contributed by atoms with van der Waals surface area (Å²) in [5.74, 6) is 0.927. The Morgan fingerprint density at radius 2 is 2.16 bits per heavy atom. The van der Waals surface area contributed by atoms with Crippen molar-refractivity contribution >= 4 is 6.03 Å². The van der Waals surface area contributed by atoms with Gasteiger partial charge in [0.15, 0.2) is 0 Å². The fraction of sp³-hybridized carbons (Fsp3) is 0.474. The normalized spacial score (nSPS) is 23.5. The lowest BCUT2D eigenvalue weighted by Crippen LogP contribution is -2.44. The molecule has 0 spiro atoms. The van der Waals surface area contributed by atoms with Crippen molar-refractivity contribution in [1.29, 1.82) is 0 Å². The zero-order valence-corrected chi connectivity index (χ0v) is 14.6. The van der Waals surface area contributed by atoms with E-state index in [0.717, 1.165) is 38.3 Å². The van der Waals surface area contributed by atoms with Gasteiger partial charge in [-0.05, 0) is 30.5 Å². The van der Waals surface area contributed by atoms with Crippen molar-refractivity contribution < 1.29 is 4.79 Å². The van der Waals surface area contributed by atoms with Crippen molar-refractivity contribution in [2.45, 2.75) is 18.9 Å². The molecule has 4 rings (SSSR count). The van der Waals surface area contributed by atoms with E-state index in [4.69, 9.17) is 0 Å². The van der Waals surface area contributed by atoms with Crippen molar-refractivity contribution in [3.05, 3.63) is 53.3 Å². The van der Waals surface area contributed by atoms with Crippen LogP contribution < -0.4 is 5.32 Å². The maximum Gasteiger partial charge on any atom is 0.317 e. The Morgan fingerprint density at radius 1 is 1.32 bits per heavy atom. The second-order valence-corrected chi connectivity index (χ2v) is 7.23. The molecule has 0 unspecified atom stereocenters. The molecule has 2 N–H and O–H groups in total. The van der Waals surface area contributed by atoms with E-state index in [9.17, 15) is 4.79 Å². The summed E-state index contributed by atoms with van der Waals surface area (Å²) in [7, 11) is 2.15. The average molecular weight is 339 g/mol. The summed E-state index contributed by atoms with van der Waals surface area (Å²) >= 11 is 0. The average Bonchev–Trinajstić information content (AvgIpc) is 3.25. The lowest BCUT2D eigenvalue weighted by Gasteiger charge is -2.28. The van der Waals surface area contributed by atoms with Crippen molar-refractivity contribution in [2.24, 2.45) is 5.92 Å². The molecular weight excluding hydrogens is 314 g/mol. The fourth-order valence-corrected chi connectivity index (χ4v) is 4.09. The van der Waals surface area contributed by atoms with E-state index in [1.165, 1.54) is 11.1 Å². The Bertz CT molecular complexity index is 728. The summed E-state index contributed by atoms with van der Waals surface area (Å²) < 4.78 is 0. The van der Waals surface area contributed by atoms with E-state index < -0.39 is 0 Å². The molecule has 0 radical (unpaired) electrons. The molecule has 132 valence electrons. The highest BCUT2D eigenvalue weighted by Crippen LogP contribution is 2.31. The number of likely N-dealkylation sites (tertiary alicyclic amines) is 1. The number of amides is 2. The quantitative estimate of drug-likeness (QED) is 0.897. The molecule has 0 bridgehead atoms. The lowest BCUT2D eigenvalue weighted by molar-refractivity contribution is 0.189. The van der Waals surface area contributed by atoms with Gasteiger partial charge >= 0.3 is 6.03 Å². The molecule has 3 heterocycles. The highest BCUT2D eigenvalue weighted by Gasteiger charge is 2.32. The fourth-order valence-electron chi connectivity index (χ4n) is 4.09. The van der Waals surface area contributed by atoms with E-state index in [1.54, 1.807) is 0 Å². The lowest BCUT2D eigenvalue weighted by atomic mass is 9.89. The van der Waals surface area contributed by atoms with Crippen molar-refractivity contribution in [3.8, 4) is 0 Å². The molecule has 0 aliphatic carbocycles. The highest BCUT2D eigenvalue weighted by atomic mass is 16.2. The SMILES string of the molecule is CN1C[C@@H](CNC(=O)N2CCc3cn[nH]c3C2)[C@H](c2ccccc2)C1. The van der Waals surface area contributed by atoms with Crippen LogP contribution in [0.1, 0.15) is 22.7 Å². The molecule has 2 aliphatic heterocycles. The highest BCUT2D eigenvalue weighted by molar-refractivity contribution is 5.74. The summed E-state index contributed by atoms with van der Waals surface area (Å²) in [5.41, 5.74) is 3.65. The molecule has 6 heteroatoms. The number of aromatic nitrogens is 2. The minimum Gasteiger partial charge on any atom is -0.338 e. The molecule has 1 aromatic heterocycles. The predicted octanol–water partition coefficient (Wildman–Crippen LogP) is 1.82. The van der Waals surface area contributed by atoms with Gasteiger partial charge in [-0.3, -0.25) is 5.10 Å². The molecule has 1 saturated heterocycles. The Balaban J connectivity index is 1.36. The van der Waals surface area contributed by atoms with Crippen LogP contribution >= 0.6 is 0 Å². The molecule has 2 amide bonds. The van der Waals surface area contributed by atoms with Gasteiger partial charge in [0, 0.05) is 32.1 Å². The molecule has 25 heavy (non-hydrogen) atoms. The van der Waals surface area contributed by atoms with Crippen LogP contribution in [-0.2, 0) is 13.0 Å². The number of hydrogen-bond acceptors (Lipinski definition) is 3. The standard InChI is InChI=1S/C19H25N5O/c1-23-11-16(17(12-23)14-5-3-2-4-6-14)9-20-19(25)24-8-7-15-10-21-22-18(15)13-24/h2-6,10,16-17H,7-9,11-13H2,1H3,(H,20,25)(H,21,22)/t16-,17+/m1/s1. The van der Waals surface area contributed by atoms with Crippen molar-refractivity contribution in [1.82, 2.24) is 25.3 Å². The molecule has 1 fully saturated rings. The summed E-state index contributed by atoms with van der Waals surface area (Å²) in [6, 6.07) is 10.7. The summed E-state index contributed by atoms with van der Waals surface area (Å²) in [6.45, 7) is 4.16. The number of aromatic amines is 1. The maximum atomic E-state index is 12.6. The number of H-pyrrole nitrogens is 1. The van der Waals surface area contributed by atoms with Crippen LogP contribution in [0.4, 0.5) is 4.79 Å². The first-order valence-corrected chi connectivity index (χ1v) is 8.98. The summed E-state index contributed by atoms with van der Waals surface area (Å²) in [4.78, 5) is 16.8. The summed E-state index contributed by atoms with van der Waals surface area (Å²) in [5, 5.41) is 10.2. The smallest absolute Gasteiger partial charge is 0.317 e. The second-order valence-electron chi connectivity index (χ2n) is 7.23. The van der Waals surface area contributed by atoms with Gasteiger partial charge in [-0.25, -0.2) is 4.79 Å². The van der Waals surface area contributed by atoms with Gasteiger partial charge in [-0.2, -0.15) is 5.10 Å². The summed E-state index contributed by atoms with van der Waals surface area (Å²) in [6.07, 6.45) is 2.74. The minimum absolute atomic E-state index is 0.0293. The number of carbonyl (C=O) groups excluding carboxylic acids is 1. The van der Waals surface area contributed by atoms with Crippen LogP contribution in [0.5, 0.6) is 0 Å². The monoisotopic (exact) mass is 339 g/mol. The number of nitrogens with one attached hydrogen (secondary N) is 2. The maximum absolute atomic E-state index is 12.6. The first-order valence-electron chi connectivity index (χ1n) is 8.98. The molecule has 1 aromatic carbocycles. The third-order valence-corrected chi connectivity index (χ3v) is 5.46. The van der Waals surface area contributed by atoms with Gasteiger partial charge in [0.2, 0.25) is 0 Å². The number of likely N-dealkylation sites (N-methyl/N-ethyl adjacent to an activating group) is 1. The molecular formula is C19H25N5O. The zero-order valence-electron chi connectivity index (χ0n) is 14.6. The van der Waals surface area contributed by atoms with E-state index in [1.807, 2.05) is 11.1 Å². The molecule has 6 nitrogen and oxygen atoms in total. The van der Waals surface area contributed by atoms with E-state index in [0.29, 0.717) is 18.4 Å². The van der Waals surface area contributed by atoms with Crippen LogP contribution in [-0.4, -0.2) is 59.3 Å². The number of nitrogens with zero attached hydrogens (tertiary/aromatic N) is 3. The number of hydrogen-bond donors (Lipinski definition) is 2. The molecule has 0 saturated carbocycles. The van der Waals surface area contributed by atoms with Crippen LogP contribution in [0.2, 0.25) is 0 Å². The zero-order chi connectivity index (χ0) is 17.2. The first kappa shape index (κ1) is 16.1. The van der Waals surface area contributed by atoms with Gasteiger partial charge in [-0.1, -0.05) is 30.3 Å². The van der Waals surface area contributed by atoms with Crippen molar-refractivity contribution in [2.75, 3.05) is 33.2 Å². The Morgan fingerprint density at radius 3 is 3.00 bits per heavy atom. The van der Waals surface area contributed by atoms with Gasteiger partial charge in [0.25, 0.3) is 0 Å². The second kappa shape index (κ2) is 6.88. The predicted molar refractivity (Wildman–Crippen MR) is 96.3 cm³/mol. The van der Waals surface area contributed by atoms with E-state index >= 15 is 0 Å². The van der Waals surface area contributed by atoms with E-state index in [-0.39, 0.29) is 6.03 Å². The van der Waals surface area contributed by atoms with Crippen molar-refractivity contribution in [3.63, 3.8) is 0 Å². The first-order chi connectivity index (χ1) is 12.2. The number of benzene rings is 1. The van der Waals surface area contributed by atoms with Crippen LogP contribution in [0.15, 0.2) is 36.5 Å². The number of urea groups is 1.